The van der Waals surface area contributed by atoms with E-state index < -0.39 is 11.7 Å². The topological polar surface area (TPSA) is 115 Å². The second-order valence-electron chi connectivity index (χ2n) is 8.04. The third-order valence-electron chi connectivity index (χ3n) is 5.65. The minimum Gasteiger partial charge on any atom is -0.389 e. The summed E-state index contributed by atoms with van der Waals surface area (Å²) in [5.41, 5.74) is 14.1. The molecule has 32 heavy (non-hydrogen) atoms. The van der Waals surface area contributed by atoms with Crippen LogP contribution in [0.1, 0.15) is 42.2 Å². The summed E-state index contributed by atoms with van der Waals surface area (Å²) in [5.74, 6) is 0.0115. The van der Waals surface area contributed by atoms with Crippen molar-refractivity contribution in [1.29, 1.82) is 0 Å². The molecule has 1 aliphatic heterocycles. The van der Waals surface area contributed by atoms with Crippen molar-refractivity contribution in [2.24, 2.45) is 5.73 Å². The number of carbonyl (C=O) groups excluding carboxylic acids is 1. The zero-order valence-corrected chi connectivity index (χ0v) is 19.1. The quantitative estimate of drug-likeness (QED) is 0.539. The van der Waals surface area contributed by atoms with Gasteiger partial charge in [0.05, 0.1) is 6.20 Å². The Hall–Kier alpha value is -2.98. The summed E-state index contributed by atoms with van der Waals surface area (Å²) in [6.07, 6.45) is 4.48. The van der Waals surface area contributed by atoms with Gasteiger partial charge in [0.1, 0.15) is 21.5 Å². The molecule has 1 amide bonds. The minimum absolute atomic E-state index is 0.0824. The van der Waals surface area contributed by atoms with E-state index in [2.05, 4.69) is 20.3 Å². The summed E-state index contributed by atoms with van der Waals surface area (Å²) >= 11 is 1.09. The Kier molecular flexibility index (Phi) is 6.43. The normalized spacial score (nSPS) is 16.8. The van der Waals surface area contributed by atoms with E-state index >= 15 is 0 Å². The van der Waals surface area contributed by atoms with Crippen LogP contribution < -0.4 is 21.7 Å². The van der Waals surface area contributed by atoms with Gasteiger partial charge in [0.2, 0.25) is 0 Å². The number of halogens is 1. The van der Waals surface area contributed by atoms with Crippen LogP contribution in [0.3, 0.4) is 0 Å². The molecule has 4 rings (SSSR count). The number of nitrogens with two attached hydrogens (primary N) is 2. The van der Waals surface area contributed by atoms with Crippen LogP contribution >= 0.6 is 11.3 Å². The lowest BCUT2D eigenvalue weighted by molar-refractivity contribution is 0.102. The van der Waals surface area contributed by atoms with E-state index in [1.54, 1.807) is 18.3 Å². The van der Waals surface area contributed by atoms with E-state index in [9.17, 15) is 9.18 Å². The maximum absolute atomic E-state index is 14.3. The number of benzene rings is 1. The zero-order valence-electron chi connectivity index (χ0n) is 18.3. The number of thiazole rings is 1. The first-order valence-corrected chi connectivity index (χ1v) is 11.6. The van der Waals surface area contributed by atoms with E-state index in [0.29, 0.717) is 22.8 Å². The van der Waals surface area contributed by atoms with E-state index in [1.165, 1.54) is 6.07 Å². The fraction of sp³-hybridized carbons (Fsp3) is 0.409. The van der Waals surface area contributed by atoms with Crippen molar-refractivity contribution >= 4 is 33.8 Å². The number of nitrogens with zero attached hydrogens (tertiary/aromatic N) is 4. The Morgan fingerprint density at radius 1 is 1.34 bits per heavy atom. The van der Waals surface area contributed by atoms with E-state index in [-0.39, 0.29) is 16.7 Å². The summed E-state index contributed by atoms with van der Waals surface area (Å²) in [6, 6.07) is 4.96. The highest BCUT2D eigenvalue weighted by atomic mass is 32.1. The van der Waals surface area contributed by atoms with Crippen LogP contribution in [0, 0.1) is 12.7 Å². The monoisotopic (exact) mass is 457 g/mol. The average Bonchev–Trinajstić information content (AvgIpc) is 3.28. The predicted octanol–water partition coefficient (Wildman–Crippen LogP) is 3.63. The summed E-state index contributed by atoms with van der Waals surface area (Å²) in [6.45, 7) is 6.19. The summed E-state index contributed by atoms with van der Waals surface area (Å²) in [5, 5.41) is 7.96. The number of nitrogens with one attached hydrogen (secondary N) is 1. The average molecular weight is 458 g/mol. The summed E-state index contributed by atoms with van der Waals surface area (Å²) in [4.78, 5) is 19.6. The van der Waals surface area contributed by atoms with E-state index in [1.807, 2.05) is 18.5 Å². The molecule has 1 aromatic carbocycles. The molecule has 8 nitrogen and oxygen atoms in total. The van der Waals surface area contributed by atoms with Crippen molar-refractivity contribution < 1.29 is 9.18 Å². The molecule has 170 valence electrons. The van der Waals surface area contributed by atoms with Gasteiger partial charge in [-0.1, -0.05) is 23.0 Å². The highest BCUT2D eigenvalue weighted by Crippen LogP contribution is 2.34. The summed E-state index contributed by atoms with van der Waals surface area (Å²) < 4.78 is 16.2. The van der Waals surface area contributed by atoms with Crippen molar-refractivity contribution in [1.82, 2.24) is 14.8 Å². The van der Waals surface area contributed by atoms with Crippen LogP contribution in [0.4, 0.5) is 20.9 Å². The van der Waals surface area contributed by atoms with Crippen LogP contribution in [-0.2, 0) is 6.54 Å². The molecule has 0 spiro atoms. The molecule has 1 fully saturated rings. The Balaban J connectivity index is 1.61. The number of amides is 1. The lowest BCUT2D eigenvalue weighted by Gasteiger charge is -2.24. The third kappa shape index (κ3) is 4.46. The van der Waals surface area contributed by atoms with Gasteiger partial charge in [0.15, 0.2) is 11.5 Å². The number of hydrogen-bond donors (Lipinski definition) is 3. The molecule has 3 heterocycles. The van der Waals surface area contributed by atoms with Crippen LogP contribution in [0.25, 0.3) is 10.6 Å². The molecule has 0 saturated carbocycles. The first-order chi connectivity index (χ1) is 15.4. The molecular formula is C22H28FN7OS. The van der Waals surface area contributed by atoms with Crippen molar-refractivity contribution in [3.05, 3.63) is 41.5 Å². The molecule has 5 N–H and O–H groups in total. The van der Waals surface area contributed by atoms with Crippen LogP contribution in [0.2, 0.25) is 0 Å². The molecule has 10 heteroatoms. The number of carbonyl (C=O) groups is 1. The fourth-order valence-corrected chi connectivity index (χ4v) is 4.81. The molecule has 0 aliphatic carbocycles. The number of aryl methyl sites for hydroxylation is 2. The molecule has 0 unspecified atom stereocenters. The van der Waals surface area contributed by atoms with Gasteiger partial charge in [-0.3, -0.25) is 4.79 Å². The fourth-order valence-electron chi connectivity index (χ4n) is 3.96. The molecule has 1 atom stereocenters. The first kappa shape index (κ1) is 22.2. The number of anilines is 3. The van der Waals surface area contributed by atoms with Gasteiger partial charge in [-0.25, -0.2) is 14.1 Å². The number of nitrogen functional groups attached to an aromatic ring is 1. The van der Waals surface area contributed by atoms with E-state index in [4.69, 9.17) is 11.5 Å². The molecule has 1 aliphatic rings. The zero-order chi connectivity index (χ0) is 22.8. The molecule has 0 radical (unpaired) electrons. The Morgan fingerprint density at radius 2 is 2.16 bits per heavy atom. The van der Waals surface area contributed by atoms with Gasteiger partial charge in [0.25, 0.3) is 5.91 Å². The van der Waals surface area contributed by atoms with Gasteiger partial charge in [-0.15, -0.1) is 0 Å². The highest BCUT2D eigenvalue weighted by Gasteiger charge is 2.24. The maximum Gasteiger partial charge on any atom is 0.277 e. The van der Waals surface area contributed by atoms with Gasteiger partial charge in [-0.05, 0) is 45.2 Å². The van der Waals surface area contributed by atoms with Gasteiger partial charge < -0.3 is 21.7 Å². The number of hydrogen-bond acceptors (Lipinski definition) is 7. The van der Waals surface area contributed by atoms with Crippen LogP contribution in [0.15, 0.2) is 24.4 Å². The van der Waals surface area contributed by atoms with Crippen molar-refractivity contribution in [2.75, 3.05) is 29.0 Å². The molecular weight excluding hydrogens is 429 g/mol. The van der Waals surface area contributed by atoms with Crippen LogP contribution in [-0.4, -0.2) is 39.8 Å². The summed E-state index contributed by atoms with van der Waals surface area (Å²) in [7, 11) is 0. The lowest BCUT2D eigenvalue weighted by Crippen LogP contribution is -2.29. The lowest BCUT2D eigenvalue weighted by atomic mass is 10.1. The molecule has 2 aromatic heterocycles. The standard InChI is InChI=1S/C22H28FN7OS/c1-3-30-22(29-9-4-5-14(24)8-10-29)17(12-26-30)27-20(31)18-19(25)32-21(28-18)15-11-13(2)6-7-16(15)23/h6-7,11-12,14H,3-5,8-10,24-25H2,1-2H3,(H,27,31)/t14-/m1/s1. The van der Waals surface area contributed by atoms with Gasteiger partial charge in [-0.2, -0.15) is 5.10 Å². The van der Waals surface area contributed by atoms with Crippen molar-refractivity contribution in [2.45, 2.75) is 45.7 Å². The van der Waals surface area contributed by atoms with Crippen molar-refractivity contribution in [3.8, 4) is 10.6 Å². The van der Waals surface area contributed by atoms with Crippen molar-refractivity contribution in [3.63, 3.8) is 0 Å². The molecule has 3 aromatic rings. The van der Waals surface area contributed by atoms with Gasteiger partial charge >= 0.3 is 0 Å². The van der Waals surface area contributed by atoms with Gasteiger partial charge in [0, 0.05) is 31.2 Å². The minimum atomic E-state index is -0.443. The first-order valence-electron chi connectivity index (χ1n) is 10.8. The largest absolute Gasteiger partial charge is 0.389 e. The second kappa shape index (κ2) is 9.25. The maximum atomic E-state index is 14.3. The molecule has 0 bridgehead atoms. The smallest absolute Gasteiger partial charge is 0.277 e. The number of rotatable bonds is 5. The SMILES string of the molecule is CCn1ncc(NC(=O)c2nc(-c3cc(C)ccc3F)sc2N)c1N1CCC[C@@H](N)CC1. The van der Waals surface area contributed by atoms with Crippen LogP contribution in [0.5, 0.6) is 0 Å². The highest BCUT2D eigenvalue weighted by molar-refractivity contribution is 7.19. The predicted molar refractivity (Wildman–Crippen MR) is 127 cm³/mol. The Labute approximate surface area is 190 Å². The Morgan fingerprint density at radius 3 is 2.94 bits per heavy atom. The second-order valence-corrected chi connectivity index (χ2v) is 9.08. The third-order valence-corrected chi connectivity index (χ3v) is 6.57. The number of aromatic nitrogens is 3. The molecule has 1 saturated heterocycles. The van der Waals surface area contributed by atoms with E-state index in [0.717, 1.165) is 55.1 Å². The Bertz CT molecular complexity index is 1130.